The van der Waals surface area contributed by atoms with Crippen molar-refractivity contribution in [2.24, 2.45) is 0 Å². The summed E-state index contributed by atoms with van der Waals surface area (Å²) in [5, 5.41) is 16.0. The Labute approximate surface area is 227 Å². The van der Waals surface area contributed by atoms with Crippen LogP contribution in [0.5, 0.6) is 0 Å². The highest BCUT2D eigenvalue weighted by Crippen LogP contribution is 2.32. The minimum atomic E-state index is -0.991. The monoisotopic (exact) mass is 518 g/mol. The molecule has 0 radical (unpaired) electrons. The van der Waals surface area contributed by atoms with Gasteiger partial charge in [0.25, 0.3) is 5.91 Å². The van der Waals surface area contributed by atoms with Crippen LogP contribution in [0.1, 0.15) is 45.1 Å². The van der Waals surface area contributed by atoms with Crippen molar-refractivity contribution in [1.29, 1.82) is 0 Å². The second-order valence-electron chi connectivity index (χ2n) is 9.62. The van der Waals surface area contributed by atoms with E-state index >= 15 is 0 Å². The number of carbonyl (C=O) groups excluding carboxylic acids is 1. The fourth-order valence-electron chi connectivity index (χ4n) is 4.77. The van der Waals surface area contributed by atoms with Gasteiger partial charge in [0.05, 0.1) is 18.0 Å². The Kier molecular flexibility index (Phi) is 7.41. The highest BCUT2D eigenvalue weighted by atomic mass is 16.4. The zero-order valence-corrected chi connectivity index (χ0v) is 21.9. The van der Waals surface area contributed by atoms with Crippen molar-refractivity contribution < 1.29 is 14.7 Å². The number of amides is 1. The number of carboxylic acids is 1. The number of rotatable bonds is 9. The van der Waals surface area contributed by atoms with Crippen LogP contribution >= 0.6 is 0 Å². The maximum atomic E-state index is 13.6. The molecule has 0 bridgehead atoms. The summed E-state index contributed by atoms with van der Waals surface area (Å²) in [6, 6.07) is 28.5. The van der Waals surface area contributed by atoms with E-state index in [-0.39, 0.29) is 12.3 Å². The van der Waals surface area contributed by atoms with E-state index in [0.29, 0.717) is 17.8 Å². The Morgan fingerprint density at radius 3 is 2.44 bits per heavy atom. The van der Waals surface area contributed by atoms with Crippen LogP contribution in [0.25, 0.3) is 16.9 Å². The number of anilines is 1. The summed E-state index contributed by atoms with van der Waals surface area (Å²) in [7, 11) is 0. The van der Waals surface area contributed by atoms with Gasteiger partial charge in [-0.15, -0.1) is 0 Å². The van der Waals surface area contributed by atoms with E-state index in [0.717, 1.165) is 39.3 Å². The topological polar surface area (TPSA) is 95.7 Å². The van der Waals surface area contributed by atoms with Gasteiger partial charge in [0.15, 0.2) is 5.65 Å². The largest absolute Gasteiger partial charge is 0.481 e. The third kappa shape index (κ3) is 5.67. The molecule has 0 aliphatic carbocycles. The van der Waals surface area contributed by atoms with Crippen LogP contribution in [-0.2, 0) is 11.3 Å². The fraction of sp³-hybridized carbons (Fsp3) is 0.156. The zero-order chi connectivity index (χ0) is 27.4. The number of aryl methyl sites for hydroxylation is 2. The molecule has 39 heavy (non-hydrogen) atoms. The molecule has 0 saturated heterocycles. The highest BCUT2D eigenvalue weighted by molar-refractivity contribution is 6.01. The van der Waals surface area contributed by atoms with E-state index in [1.165, 1.54) is 0 Å². The van der Waals surface area contributed by atoms with Gasteiger partial charge in [0, 0.05) is 18.3 Å². The summed E-state index contributed by atoms with van der Waals surface area (Å²) in [4.78, 5) is 30.2. The lowest BCUT2D eigenvalue weighted by Gasteiger charge is -2.18. The van der Waals surface area contributed by atoms with Crippen LogP contribution in [0.3, 0.4) is 0 Å². The summed E-state index contributed by atoms with van der Waals surface area (Å²) >= 11 is 0. The van der Waals surface area contributed by atoms with E-state index < -0.39 is 12.0 Å². The number of benzene rings is 3. The van der Waals surface area contributed by atoms with Crippen molar-refractivity contribution in [3.8, 4) is 11.3 Å². The van der Waals surface area contributed by atoms with Crippen LogP contribution in [0.2, 0.25) is 0 Å². The van der Waals surface area contributed by atoms with Gasteiger partial charge in [-0.2, -0.15) is 0 Å². The van der Waals surface area contributed by atoms with Crippen LogP contribution < -0.4 is 10.6 Å². The molecule has 3 aromatic carbocycles. The molecule has 2 heterocycles. The molecule has 2 aromatic heterocycles. The van der Waals surface area contributed by atoms with Crippen LogP contribution in [0, 0.1) is 13.8 Å². The first-order valence-corrected chi connectivity index (χ1v) is 12.8. The molecule has 1 amide bonds. The number of hydrogen-bond donors (Lipinski definition) is 3. The number of carboxylic acid groups (broad SMARTS) is 1. The SMILES string of the molecule is Cc1cccc(C(CC(=O)O)NC(=O)c2cccn3c(NCc4ccccc4)c(-c4ccccc4C)nc23)c1. The molecule has 0 fully saturated rings. The Morgan fingerprint density at radius 2 is 1.69 bits per heavy atom. The first-order valence-electron chi connectivity index (χ1n) is 12.8. The minimum Gasteiger partial charge on any atom is -0.481 e. The number of aromatic nitrogens is 2. The van der Waals surface area contributed by atoms with Crippen LogP contribution in [0.4, 0.5) is 5.82 Å². The molecule has 0 saturated carbocycles. The average Bonchev–Trinajstić information content (AvgIpc) is 3.30. The number of aliphatic carboxylic acids is 1. The maximum absolute atomic E-state index is 13.6. The predicted molar refractivity (Wildman–Crippen MR) is 153 cm³/mol. The van der Waals surface area contributed by atoms with E-state index in [9.17, 15) is 14.7 Å². The van der Waals surface area contributed by atoms with Gasteiger partial charge in [-0.3, -0.25) is 14.0 Å². The molecule has 0 spiro atoms. The van der Waals surface area contributed by atoms with Crippen LogP contribution in [-0.4, -0.2) is 26.4 Å². The third-order valence-electron chi connectivity index (χ3n) is 6.73. The predicted octanol–water partition coefficient (Wildman–Crippen LogP) is 6.18. The number of nitrogens with one attached hydrogen (secondary N) is 2. The number of hydrogen-bond acceptors (Lipinski definition) is 4. The lowest BCUT2D eigenvalue weighted by atomic mass is 10.0. The average molecular weight is 519 g/mol. The van der Waals surface area contributed by atoms with Crippen molar-refractivity contribution in [2.45, 2.75) is 32.9 Å². The molecule has 1 unspecified atom stereocenters. The number of pyridine rings is 1. The van der Waals surface area contributed by atoms with Gasteiger partial charge >= 0.3 is 5.97 Å². The van der Waals surface area contributed by atoms with Gasteiger partial charge in [0.1, 0.15) is 11.5 Å². The zero-order valence-electron chi connectivity index (χ0n) is 21.9. The van der Waals surface area contributed by atoms with Gasteiger partial charge in [-0.25, -0.2) is 4.98 Å². The first kappa shape index (κ1) is 25.7. The maximum Gasteiger partial charge on any atom is 0.305 e. The molecular formula is C32H30N4O3. The number of carbonyl (C=O) groups is 2. The van der Waals surface area contributed by atoms with Crippen molar-refractivity contribution >= 4 is 23.3 Å². The summed E-state index contributed by atoms with van der Waals surface area (Å²) in [6.45, 7) is 4.55. The summed E-state index contributed by atoms with van der Waals surface area (Å²) in [6.07, 6.45) is 1.65. The number of imidazole rings is 1. The quantitative estimate of drug-likeness (QED) is 0.217. The Morgan fingerprint density at radius 1 is 0.923 bits per heavy atom. The van der Waals surface area contributed by atoms with Gasteiger partial charge in [-0.1, -0.05) is 84.4 Å². The second-order valence-corrected chi connectivity index (χ2v) is 9.62. The van der Waals surface area contributed by atoms with E-state index in [1.807, 2.05) is 91.2 Å². The highest BCUT2D eigenvalue weighted by Gasteiger charge is 2.23. The molecule has 1 atom stereocenters. The Balaban J connectivity index is 1.56. The van der Waals surface area contributed by atoms with Crippen molar-refractivity contribution in [3.05, 3.63) is 125 Å². The van der Waals surface area contributed by atoms with Crippen molar-refractivity contribution in [1.82, 2.24) is 14.7 Å². The summed E-state index contributed by atoms with van der Waals surface area (Å²) < 4.78 is 1.89. The smallest absolute Gasteiger partial charge is 0.305 e. The summed E-state index contributed by atoms with van der Waals surface area (Å²) in [5.41, 5.74) is 6.47. The van der Waals surface area contributed by atoms with Gasteiger partial charge < -0.3 is 15.7 Å². The van der Waals surface area contributed by atoms with Gasteiger partial charge in [0.2, 0.25) is 0 Å². The lowest BCUT2D eigenvalue weighted by Crippen LogP contribution is -2.30. The van der Waals surface area contributed by atoms with Crippen molar-refractivity contribution in [2.75, 3.05) is 5.32 Å². The number of nitrogens with zero attached hydrogens (tertiary/aromatic N) is 2. The van der Waals surface area contributed by atoms with Gasteiger partial charge in [-0.05, 0) is 42.7 Å². The molecule has 7 heteroatoms. The minimum absolute atomic E-state index is 0.231. The van der Waals surface area contributed by atoms with E-state index in [1.54, 1.807) is 12.1 Å². The standard InChI is InChI=1S/C32H30N4O3/c1-21-10-8-14-24(18-21)27(19-28(37)38)34-32(39)26-16-9-17-36-30(26)35-29(25-15-7-6-11-22(25)2)31(36)33-20-23-12-4-3-5-13-23/h3-18,27,33H,19-20H2,1-2H3,(H,34,39)(H,37,38). The van der Waals surface area contributed by atoms with E-state index in [2.05, 4.69) is 22.8 Å². The third-order valence-corrected chi connectivity index (χ3v) is 6.73. The molecule has 0 aliphatic rings. The molecule has 196 valence electrons. The van der Waals surface area contributed by atoms with Crippen molar-refractivity contribution in [3.63, 3.8) is 0 Å². The molecule has 7 nitrogen and oxygen atoms in total. The second kappa shape index (κ2) is 11.2. The fourth-order valence-corrected chi connectivity index (χ4v) is 4.77. The molecule has 3 N–H and O–H groups in total. The lowest BCUT2D eigenvalue weighted by molar-refractivity contribution is -0.137. The van der Waals surface area contributed by atoms with Crippen LogP contribution in [0.15, 0.2) is 97.2 Å². The first-order chi connectivity index (χ1) is 18.9. The number of fused-ring (bicyclic) bond motifs is 1. The summed E-state index contributed by atoms with van der Waals surface area (Å²) in [5.74, 6) is -0.599. The normalized spacial score (nSPS) is 11.7. The Bertz CT molecular complexity index is 1640. The van der Waals surface area contributed by atoms with E-state index in [4.69, 9.17) is 4.98 Å². The molecule has 5 rings (SSSR count). The molecular weight excluding hydrogens is 488 g/mol. The molecule has 0 aliphatic heterocycles. The molecule has 5 aromatic rings. The Hall–Kier alpha value is -4.91.